The summed E-state index contributed by atoms with van der Waals surface area (Å²) < 4.78 is 31.5. The molecule has 2 aromatic heterocycles. The molecule has 0 unspecified atom stereocenters. The van der Waals surface area contributed by atoms with Crippen molar-refractivity contribution in [1.29, 1.82) is 0 Å². The molecule has 7 nitrogen and oxygen atoms in total. The Balaban J connectivity index is 1.51. The number of aromatic nitrogens is 3. The highest BCUT2D eigenvalue weighted by atomic mass is 32.2. The molecule has 0 bridgehead atoms. The van der Waals surface area contributed by atoms with Gasteiger partial charge in [0.1, 0.15) is 11.3 Å². The molecule has 2 heterocycles. The van der Waals surface area contributed by atoms with Gasteiger partial charge in [0.2, 0.25) is 0 Å². The number of fused-ring (bicyclic) bond motifs is 1. The van der Waals surface area contributed by atoms with Crippen molar-refractivity contribution in [2.45, 2.75) is 58.9 Å². The monoisotopic (exact) mass is 580 g/mol. The Hall–Kier alpha value is -4.30. The SMILES string of the molecule is CCc1nc2c(C)cc(C)nc2n1Cc1ccc(-c2cc(CC(C)C)ccc2S(=O)(=O)NC(=O)c2ccccc2)cc1. The van der Waals surface area contributed by atoms with E-state index in [-0.39, 0.29) is 10.5 Å². The van der Waals surface area contributed by atoms with Crippen molar-refractivity contribution in [3.8, 4) is 11.1 Å². The Kier molecular flexibility index (Phi) is 8.27. The molecule has 0 aliphatic heterocycles. The van der Waals surface area contributed by atoms with Gasteiger partial charge in [0.25, 0.3) is 15.9 Å². The lowest BCUT2D eigenvalue weighted by molar-refractivity contribution is 0.0981. The smallest absolute Gasteiger partial charge is 0.264 e. The molecule has 0 saturated carbocycles. The summed E-state index contributed by atoms with van der Waals surface area (Å²) >= 11 is 0. The highest BCUT2D eigenvalue weighted by Crippen LogP contribution is 2.30. The third-order valence-corrected chi connectivity index (χ3v) is 8.65. The van der Waals surface area contributed by atoms with E-state index in [1.165, 1.54) is 0 Å². The van der Waals surface area contributed by atoms with E-state index >= 15 is 0 Å². The number of pyridine rings is 1. The summed E-state index contributed by atoms with van der Waals surface area (Å²) in [7, 11) is -4.14. The van der Waals surface area contributed by atoms with Gasteiger partial charge < -0.3 is 4.57 Å². The number of nitrogens with one attached hydrogen (secondary N) is 1. The van der Waals surface area contributed by atoms with Crippen LogP contribution in [0.2, 0.25) is 0 Å². The lowest BCUT2D eigenvalue weighted by atomic mass is 9.97. The summed E-state index contributed by atoms with van der Waals surface area (Å²) in [5.41, 5.74) is 7.53. The quantitative estimate of drug-likeness (QED) is 0.211. The third-order valence-electron chi connectivity index (χ3n) is 7.26. The first-order valence-electron chi connectivity index (χ1n) is 14.2. The van der Waals surface area contributed by atoms with Gasteiger partial charge in [-0.3, -0.25) is 4.79 Å². The molecule has 1 amide bonds. The molecule has 0 saturated heterocycles. The van der Waals surface area contributed by atoms with Crippen molar-refractivity contribution in [2.75, 3.05) is 0 Å². The topological polar surface area (TPSA) is 93.9 Å². The van der Waals surface area contributed by atoms with Gasteiger partial charge in [0, 0.05) is 23.2 Å². The number of carbonyl (C=O) groups is 1. The standard InChI is InChI=1S/C34H36N4O3S/c1-6-31-36-32-23(4)19-24(5)35-33(32)38(31)21-25-12-15-27(16-13-25)29-20-26(18-22(2)3)14-17-30(29)42(40,41)37-34(39)28-10-8-7-9-11-28/h7-17,19-20,22H,6,18,21H2,1-5H3,(H,37,39). The van der Waals surface area contributed by atoms with Crippen molar-refractivity contribution in [3.05, 3.63) is 113 Å². The molecule has 1 N–H and O–H groups in total. The first-order chi connectivity index (χ1) is 20.1. The Morgan fingerprint density at radius 2 is 1.60 bits per heavy atom. The van der Waals surface area contributed by atoms with Gasteiger partial charge in [-0.25, -0.2) is 23.1 Å². The number of hydrogen-bond donors (Lipinski definition) is 1. The second-order valence-corrected chi connectivity index (χ2v) is 12.8. The van der Waals surface area contributed by atoms with Crippen LogP contribution < -0.4 is 4.72 Å². The summed E-state index contributed by atoms with van der Waals surface area (Å²) in [6.45, 7) is 11.0. The second-order valence-electron chi connectivity index (χ2n) is 11.1. The Bertz CT molecular complexity index is 1860. The normalized spacial score (nSPS) is 11.8. The summed E-state index contributed by atoms with van der Waals surface area (Å²) in [6, 6.07) is 23.6. The summed E-state index contributed by atoms with van der Waals surface area (Å²) in [4.78, 5) is 22.5. The first kappa shape index (κ1) is 29.2. The maximum atomic E-state index is 13.5. The van der Waals surface area contributed by atoms with Gasteiger partial charge in [-0.15, -0.1) is 0 Å². The minimum absolute atomic E-state index is 0.0658. The number of amides is 1. The fourth-order valence-corrected chi connectivity index (χ4v) is 6.50. The van der Waals surface area contributed by atoms with E-state index in [4.69, 9.17) is 9.97 Å². The molecule has 5 aromatic rings. The van der Waals surface area contributed by atoms with Crippen LogP contribution in [0.15, 0.2) is 83.8 Å². The van der Waals surface area contributed by atoms with Gasteiger partial charge >= 0.3 is 0 Å². The highest BCUT2D eigenvalue weighted by Gasteiger charge is 2.23. The van der Waals surface area contributed by atoms with Crippen LogP contribution in [0.1, 0.15) is 59.3 Å². The van der Waals surface area contributed by atoms with Crippen LogP contribution >= 0.6 is 0 Å². The van der Waals surface area contributed by atoms with E-state index in [2.05, 4.69) is 43.1 Å². The zero-order valence-electron chi connectivity index (χ0n) is 24.7. The minimum atomic E-state index is -4.14. The molecule has 216 valence electrons. The number of aryl methyl sites for hydroxylation is 3. The van der Waals surface area contributed by atoms with Gasteiger partial charge in [0.15, 0.2) is 5.65 Å². The maximum absolute atomic E-state index is 13.5. The van der Waals surface area contributed by atoms with Crippen molar-refractivity contribution < 1.29 is 13.2 Å². The third kappa shape index (κ3) is 6.14. The molecule has 0 radical (unpaired) electrons. The average Bonchev–Trinajstić information content (AvgIpc) is 3.30. The Morgan fingerprint density at radius 3 is 2.26 bits per heavy atom. The fourth-order valence-electron chi connectivity index (χ4n) is 5.32. The molecule has 0 spiro atoms. The number of sulfonamides is 1. The first-order valence-corrected chi connectivity index (χ1v) is 15.7. The van der Waals surface area contributed by atoms with E-state index in [0.717, 1.165) is 57.8 Å². The predicted octanol–water partition coefficient (Wildman–Crippen LogP) is 6.64. The van der Waals surface area contributed by atoms with Crippen molar-refractivity contribution >= 4 is 27.1 Å². The zero-order valence-corrected chi connectivity index (χ0v) is 25.5. The molecule has 5 rings (SSSR count). The van der Waals surface area contributed by atoms with Gasteiger partial charge in [-0.05, 0) is 78.8 Å². The summed E-state index contributed by atoms with van der Waals surface area (Å²) in [5, 5.41) is 0. The maximum Gasteiger partial charge on any atom is 0.264 e. The molecule has 0 atom stereocenters. The Morgan fingerprint density at radius 1 is 0.905 bits per heavy atom. The lowest BCUT2D eigenvalue weighted by Crippen LogP contribution is -2.31. The lowest BCUT2D eigenvalue weighted by Gasteiger charge is -2.15. The number of hydrogen-bond acceptors (Lipinski definition) is 5. The number of nitrogens with zero attached hydrogens (tertiary/aromatic N) is 3. The van der Waals surface area contributed by atoms with Crippen LogP contribution in [0, 0.1) is 19.8 Å². The van der Waals surface area contributed by atoms with Gasteiger partial charge in [0.05, 0.1) is 11.4 Å². The Labute approximate surface area is 247 Å². The van der Waals surface area contributed by atoms with Gasteiger partial charge in [-0.2, -0.15) is 0 Å². The minimum Gasteiger partial charge on any atom is -0.308 e. The van der Waals surface area contributed by atoms with E-state index in [1.54, 1.807) is 36.4 Å². The van der Waals surface area contributed by atoms with E-state index in [9.17, 15) is 13.2 Å². The number of rotatable bonds is 9. The zero-order chi connectivity index (χ0) is 30.0. The molecule has 0 aliphatic carbocycles. The van der Waals surface area contributed by atoms with Crippen LogP contribution in [0.4, 0.5) is 0 Å². The van der Waals surface area contributed by atoms with Gasteiger partial charge in [-0.1, -0.05) is 69.3 Å². The van der Waals surface area contributed by atoms with Crippen LogP contribution in [0.5, 0.6) is 0 Å². The van der Waals surface area contributed by atoms with Crippen LogP contribution in [-0.2, 0) is 29.4 Å². The van der Waals surface area contributed by atoms with Crippen LogP contribution in [-0.4, -0.2) is 28.9 Å². The molecule has 0 fully saturated rings. The molecular formula is C34H36N4O3S. The predicted molar refractivity (Wildman–Crippen MR) is 167 cm³/mol. The van der Waals surface area contributed by atoms with E-state index < -0.39 is 15.9 Å². The summed E-state index contributed by atoms with van der Waals surface area (Å²) in [5.74, 6) is 0.708. The number of carbonyl (C=O) groups excluding carboxylic acids is 1. The number of benzene rings is 3. The van der Waals surface area contributed by atoms with Crippen molar-refractivity contribution in [2.24, 2.45) is 5.92 Å². The van der Waals surface area contributed by atoms with Crippen LogP contribution in [0.25, 0.3) is 22.3 Å². The highest BCUT2D eigenvalue weighted by molar-refractivity contribution is 7.90. The molecule has 8 heteroatoms. The molecule has 0 aliphatic rings. The van der Waals surface area contributed by atoms with E-state index in [0.29, 0.717) is 18.0 Å². The van der Waals surface area contributed by atoms with Crippen LogP contribution in [0.3, 0.4) is 0 Å². The molecule has 3 aromatic carbocycles. The average molecular weight is 581 g/mol. The second kappa shape index (κ2) is 11.9. The summed E-state index contributed by atoms with van der Waals surface area (Å²) in [6.07, 6.45) is 1.59. The molecular weight excluding hydrogens is 544 g/mol. The van der Waals surface area contributed by atoms with Crippen molar-refractivity contribution in [3.63, 3.8) is 0 Å². The fraction of sp³-hybridized carbons (Fsp3) is 0.265. The van der Waals surface area contributed by atoms with E-state index in [1.807, 2.05) is 43.3 Å². The largest absolute Gasteiger partial charge is 0.308 e. The van der Waals surface area contributed by atoms with Crippen molar-refractivity contribution in [1.82, 2.24) is 19.3 Å². The molecule has 42 heavy (non-hydrogen) atoms. The number of imidazole rings is 1.